The lowest BCUT2D eigenvalue weighted by molar-refractivity contribution is -0.253. The molecule has 0 aliphatic carbocycles. The minimum Gasteiger partial charge on any atom is -0.447 e. The average molecular weight is 499 g/mol. The van der Waals surface area contributed by atoms with Crippen molar-refractivity contribution < 1.29 is 44.5 Å². The van der Waals surface area contributed by atoms with Crippen LogP contribution in [0.1, 0.15) is 18.5 Å². The fraction of sp³-hybridized carbons (Fsp3) is 0.696. The minimum absolute atomic E-state index is 0.0442. The summed E-state index contributed by atoms with van der Waals surface area (Å²) in [5, 5.41) is 10.3. The normalized spacial score (nSPS) is 27.7. The first-order valence-corrected chi connectivity index (χ1v) is 11.5. The third-order valence-corrected chi connectivity index (χ3v) is 6.11. The third-order valence-electron chi connectivity index (χ3n) is 6.11. The van der Waals surface area contributed by atoms with Gasteiger partial charge in [-0.3, -0.25) is 4.98 Å². The predicted octanol–water partition coefficient (Wildman–Crippen LogP) is 0.714. The number of methoxy groups -OCH3 is 3. The van der Waals surface area contributed by atoms with E-state index in [4.69, 9.17) is 29.8 Å². The molecule has 2 N–H and O–H groups in total. The van der Waals surface area contributed by atoms with Gasteiger partial charge in [0.2, 0.25) is 0 Å². The van der Waals surface area contributed by atoms with Crippen molar-refractivity contribution in [1.29, 1.82) is 0 Å². The second-order valence-electron chi connectivity index (χ2n) is 8.32. The third kappa shape index (κ3) is 7.48. The quantitative estimate of drug-likeness (QED) is 0.501. The summed E-state index contributed by atoms with van der Waals surface area (Å²) in [4.78, 5) is 30.5. The van der Waals surface area contributed by atoms with Crippen LogP contribution in [0, 0.1) is 0 Å². The fourth-order valence-electron chi connectivity index (χ4n) is 4.23. The number of alkyl carbamates (subject to hydrolysis) is 1. The second-order valence-corrected chi connectivity index (χ2v) is 8.32. The zero-order chi connectivity index (χ0) is 26.1. The molecule has 12 nitrogen and oxygen atoms in total. The van der Waals surface area contributed by atoms with Crippen LogP contribution in [-0.4, -0.2) is 111 Å². The monoisotopic (exact) mass is 498 g/mol. The second kappa shape index (κ2) is 13.5. The lowest BCUT2D eigenvalue weighted by Gasteiger charge is -2.44. The van der Waals surface area contributed by atoms with Gasteiger partial charge < -0.3 is 43.7 Å². The van der Waals surface area contributed by atoms with Crippen molar-refractivity contribution in [3.05, 3.63) is 30.1 Å². The molecule has 0 aromatic carbocycles. The molecule has 0 unspecified atom stereocenters. The molecule has 2 saturated heterocycles. The van der Waals surface area contributed by atoms with Crippen molar-refractivity contribution >= 4 is 12.2 Å². The Bertz CT molecular complexity index is 828. The maximum atomic E-state index is 12.5. The van der Waals surface area contributed by atoms with Gasteiger partial charge >= 0.3 is 12.2 Å². The van der Waals surface area contributed by atoms with Crippen LogP contribution in [0.5, 0.6) is 0 Å². The Labute approximate surface area is 206 Å². The highest BCUT2D eigenvalue weighted by atomic mass is 16.6. The van der Waals surface area contributed by atoms with Crippen LogP contribution in [0.25, 0.3) is 0 Å². The topological polar surface area (TPSA) is 138 Å². The van der Waals surface area contributed by atoms with Gasteiger partial charge in [-0.25, -0.2) is 9.59 Å². The molecule has 3 rings (SSSR count). The Kier molecular flexibility index (Phi) is 9.90. The summed E-state index contributed by atoms with van der Waals surface area (Å²) < 4.78 is 41.6. The van der Waals surface area contributed by atoms with Gasteiger partial charge in [0.05, 0.1) is 18.3 Å². The summed E-state index contributed by atoms with van der Waals surface area (Å²) in [6, 6.07) is 5.21. The molecule has 1 aromatic heterocycles. The van der Waals surface area contributed by atoms with Crippen LogP contribution in [-0.2, 0) is 35.0 Å². The highest BCUT2D eigenvalue weighted by Gasteiger charge is 2.48. The summed E-state index contributed by atoms with van der Waals surface area (Å²) in [6.45, 7) is 0.428. The Hall–Kier alpha value is -2.51. The fourth-order valence-corrected chi connectivity index (χ4v) is 4.23. The molecule has 2 amide bonds. The van der Waals surface area contributed by atoms with Crippen molar-refractivity contribution in [3.8, 4) is 0 Å². The number of pyridine rings is 1. The van der Waals surface area contributed by atoms with Gasteiger partial charge in [-0.05, 0) is 25.0 Å². The number of amides is 2. The molecule has 5 atom stereocenters. The summed E-state index contributed by atoms with van der Waals surface area (Å²) in [5.74, 6) is 0. The van der Waals surface area contributed by atoms with E-state index in [-0.39, 0.29) is 19.8 Å². The van der Waals surface area contributed by atoms with Crippen LogP contribution in [0.2, 0.25) is 1.41 Å². The Morgan fingerprint density at radius 1 is 1.09 bits per heavy atom. The number of aromatic nitrogens is 1. The number of aliphatic hydroxyl groups is 1. The molecular weight excluding hydrogens is 462 g/mol. The SMILES string of the molecule is [2H]N(Cc1ccccn1)C(=O)OC[C@@H]1O[C@H](COC(=O)N2CCC(O)CC2)[C@@H](OC)[C@H](OC)[C@H]1OC. The van der Waals surface area contributed by atoms with E-state index in [0.29, 0.717) is 36.9 Å². The lowest BCUT2D eigenvalue weighted by atomic mass is 9.94. The number of carbonyl (C=O) groups excluding carboxylic acids is 2. The minimum atomic E-state index is -0.878. The number of likely N-dealkylation sites (tertiary alicyclic amines) is 1. The van der Waals surface area contributed by atoms with E-state index in [2.05, 4.69) is 4.98 Å². The van der Waals surface area contributed by atoms with E-state index in [0.717, 1.165) is 0 Å². The molecule has 0 radical (unpaired) electrons. The molecule has 0 spiro atoms. The van der Waals surface area contributed by atoms with E-state index >= 15 is 0 Å². The standard InChI is InChI=1S/C23H35N3O9/c1-30-19-17(13-33-22(28)25-12-15-6-4-5-9-24-15)35-18(20(31-2)21(19)32-3)14-34-23(29)26-10-7-16(27)8-11-26/h4-6,9,16-21,27H,7-8,10-14H2,1-3H3,(H,25,28)/t17-,18+,19-,20+,21+/m0/s1/i/hD. The Balaban J connectivity index is 1.59. The van der Waals surface area contributed by atoms with Crippen LogP contribution in [0.4, 0.5) is 9.59 Å². The van der Waals surface area contributed by atoms with Crippen LogP contribution < -0.4 is 5.31 Å². The average Bonchev–Trinajstić information content (AvgIpc) is 2.90. The zero-order valence-electron chi connectivity index (χ0n) is 21.3. The first-order chi connectivity index (χ1) is 17.4. The number of nitrogens with one attached hydrogen (secondary N) is 1. The van der Waals surface area contributed by atoms with Gasteiger partial charge in [-0.15, -0.1) is 0 Å². The molecule has 3 heterocycles. The summed E-state index contributed by atoms with van der Waals surface area (Å²) in [7, 11) is 4.46. The van der Waals surface area contributed by atoms with Gasteiger partial charge in [0.25, 0.3) is 0 Å². The van der Waals surface area contributed by atoms with Crippen LogP contribution in [0.3, 0.4) is 0 Å². The van der Waals surface area contributed by atoms with Gasteiger partial charge in [-0.2, -0.15) is 0 Å². The van der Waals surface area contributed by atoms with Gasteiger partial charge in [0.15, 0.2) is 1.41 Å². The highest BCUT2D eigenvalue weighted by molar-refractivity contribution is 5.68. The Morgan fingerprint density at radius 3 is 2.29 bits per heavy atom. The largest absolute Gasteiger partial charge is 0.447 e. The highest BCUT2D eigenvalue weighted by Crippen LogP contribution is 2.28. The summed E-state index contributed by atoms with van der Waals surface area (Å²) in [6.07, 6.45) is -2.61. The van der Waals surface area contributed by atoms with E-state index < -0.39 is 48.8 Å². The molecule has 12 heteroatoms. The van der Waals surface area contributed by atoms with Crippen molar-refractivity contribution in [2.45, 2.75) is 56.0 Å². The molecule has 196 valence electrons. The first kappa shape index (κ1) is 25.6. The van der Waals surface area contributed by atoms with Crippen molar-refractivity contribution in [2.75, 3.05) is 47.6 Å². The van der Waals surface area contributed by atoms with Gasteiger partial charge in [-0.1, -0.05) is 6.07 Å². The smallest absolute Gasteiger partial charge is 0.409 e. The molecule has 35 heavy (non-hydrogen) atoms. The van der Waals surface area contributed by atoms with Crippen LogP contribution in [0.15, 0.2) is 24.4 Å². The number of piperidine rings is 1. The predicted molar refractivity (Wildman–Crippen MR) is 122 cm³/mol. The molecule has 2 aliphatic rings. The maximum Gasteiger partial charge on any atom is 0.409 e. The molecular formula is C23H35N3O9. The van der Waals surface area contributed by atoms with E-state index in [1.165, 1.54) is 26.2 Å². The zero-order valence-corrected chi connectivity index (χ0v) is 20.3. The van der Waals surface area contributed by atoms with Gasteiger partial charge in [0.1, 0.15) is 43.7 Å². The Morgan fingerprint density at radius 2 is 1.71 bits per heavy atom. The van der Waals surface area contributed by atoms with E-state index in [1.807, 2.05) is 0 Å². The molecule has 2 aliphatic heterocycles. The summed E-state index contributed by atoms with van der Waals surface area (Å²) in [5.41, 5.74) is 0.542. The molecule has 0 saturated carbocycles. The maximum absolute atomic E-state index is 12.5. The number of rotatable bonds is 9. The van der Waals surface area contributed by atoms with Crippen molar-refractivity contribution in [3.63, 3.8) is 0 Å². The summed E-state index contributed by atoms with van der Waals surface area (Å²) >= 11 is 0. The molecule has 0 bridgehead atoms. The number of carbonyl (C=O) groups is 2. The number of aliphatic hydroxyl groups excluding tert-OH is 1. The van der Waals surface area contributed by atoms with E-state index in [9.17, 15) is 14.7 Å². The van der Waals surface area contributed by atoms with E-state index in [1.54, 1.807) is 24.4 Å². The van der Waals surface area contributed by atoms with Crippen molar-refractivity contribution in [2.24, 2.45) is 0 Å². The number of hydrogen-bond donors (Lipinski definition) is 2. The number of hydrogen-bond acceptors (Lipinski definition) is 10. The number of ether oxygens (including phenoxy) is 6. The lowest BCUT2D eigenvalue weighted by Crippen LogP contribution is -2.62. The molecule has 1 aromatic rings. The first-order valence-electron chi connectivity index (χ1n) is 12.0. The van der Waals surface area contributed by atoms with Crippen molar-refractivity contribution in [1.82, 2.24) is 15.2 Å². The van der Waals surface area contributed by atoms with Crippen LogP contribution >= 0.6 is 0 Å². The number of nitrogens with zero attached hydrogens (tertiary/aromatic N) is 2. The molecule has 2 fully saturated rings. The van der Waals surface area contributed by atoms with Gasteiger partial charge in [0, 0.05) is 40.6 Å².